The van der Waals surface area contributed by atoms with Crippen LogP contribution in [0.3, 0.4) is 0 Å². The highest BCUT2D eigenvalue weighted by Crippen LogP contribution is 2.28. The first-order valence-electron chi connectivity index (χ1n) is 6.49. The number of likely N-dealkylation sites (tertiary alicyclic amines) is 1. The van der Waals surface area contributed by atoms with Gasteiger partial charge in [-0.3, -0.25) is 4.90 Å². The number of methoxy groups -OCH3 is 1. The minimum Gasteiger partial charge on any atom is -0.383 e. The zero-order valence-corrected chi connectivity index (χ0v) is 11.5. The molecule has 96 valence electrons. The van der Waals surface area contributed by atoms with Crippen molar-refractivity contribution in [2.45, 2.75) is 39.3 Å². The second-order valence-electron chi connectivity index (χ2n) is 5.42. The molecular formula is C13H28N2O. The lowest BCUT2D eigenvalue weighted by Gasteiger charge is -2.45. The van der Waals surface area contributed by atoms with Crippen LogP contribution in [-0.4, -0.2) is 50.8 Å². The van der Waals surface area contributed by atoms with Gasteiger partial charge in [-0.1, -0.05) is 13.8 Å². The normalized spacial score (nSPS) is 33.9. The average Bonchev–Trinajstić information content (AvgIpc) is 2.23. The van der Waals surface area contributed by atoms with Gasteiger partial charge < -0.3 is 10.1 Å². The number of nitrogens with zero attached hydrogens (tertiary/aromatic N) is 1. The Morgan fingerprint density at radius 3 is 2.62 bits per heavy atom. The molecule has 1 saturated heterocycles. The average molecular weight is 228 g/mol. The van der Waals surface area contributed by atoms with E-state index in [1.165, 1.54) is 13.0 Å². The predicted molar refractivity (Wildman–Crippen MR) is 68.7 cm³/mol. The number of nitrogens with one attached hydrogen (secondary N) is 1. The van der Waals surface area contributed by atoms with Crippen molar-refractivity contribution in [2.24, 2.45) is 11.8 Å². The maximum absolute atomic E-state index is 5.35. The molecular weight excluding hydrogens is 200 g/mol. The number of hydrogen-bond acceptors (Lipinski definition) is 3. The van der Waals surface area contributed by atoms with Crippen molar-refractivity contribution < 1.29 is 4.74 Å². The summed E-state index contributed by atoms with van der Waals surface area (Å²) in [5.41, 5.74) is 0. The summed E-state index contributed by atoms with van der Waals surface area (Å²) in [5.74, 6) is 1.60. The summed E-state index contributed by atoms with van der Waals surface area (Å²) in [6.45, 7) is 10.1. The van der Waals surface area contributed by atoms with Gasteiger partial charge >= 0.3 is 0 Å². The first kappa shape index (κ1) is 13.9. The van der Waals surface area contributed by atoms with Crippen LogP contribution < -0.4 is 5.32 Å². The molecule has 0 spiro atoms. The number of hydrogen-bond donors (Lipinski definition) is 1. The second kappa shape index (κ2) is 6.58. The topological polar surface area (TPSA) is 24.5 Å². The van der Waals surface area contributed by atoms with Gasteiger partial charge in [0.15, 0.2) is 0 Å². The van der Waals surface area contributed by atoms with E-state index in [4.69, 9.17) is 4.74 Å². The van der Waals surface area contributed by atoms with E-state index in [2.05, 4.69) is 31.0 Å². The fraction of sp³-hybridized carbons (Fsp3) is 1.00. The minimum absolute atomic E-state index is 0.509. The zero-order valence-electron chi connectivity index (χ0n) is 11.5. The van der Waals surface area contributed by atoms with E-state index in [0.717, 1.165) is 25.0 Å². The van der Waals surface area contributed by atoms with Crippen LogP contribution in [-0.2, 0) is 4.74 Å². The Morgan fingerprint density at radius 1 is 1.38 bits per heavy atom. The summed E-state index contributed by atoms with van der Waals surface area (Å²) in [5, 5.41) is 3.28. The molecule has 0 amide bonds. The maximum atomic E-state index is 5.35. The molecule has 0 aromatic carbocycles. The van der Waals surface area contributed by atoms with Gasteiger partial charge in [0.2, 0.25) is 0 Å². The molecule has 4 atom stereocenters. The van der Waals surface area contributed by atoms with Crippen LogP contribution in [0.4, 0.5) is 0 Å². The highest BCUT2D eigenvalue weighted by molar-refractivity contribution is 4.87. The van der Waals surface area contributed by atoms with E-state index < -0.39 is 0 Å². The Balaban J connectivity index is 2.64. The number of likely N-dealkylation sites (N-methyl/N-ethyl adjacent to an activating group) is 1. The van der Waals surface area contributed by atoms with Crippen LogP contribution in [0.15, 0.2) is 0 Å². The van der Waals surface area contributed by atoms with Crippen LogP contribution >= 0.6 is 0 Å². The Morgan fingerprint density at radius 2 is 2.06 bits per heavy atom. The standard InChI is InChI=1S/C13H28N2O/c1-10-6-11(2)12(3)15(8-10)13(7-14-4)9-16-5/h10-14H,6-9H2,1-5H3. The summed E-state index contributed by atoms with van der Waals surface area (Å²) in [6, 6.07) is 1.18. The van der Waals surface area contributed by atoms with Gasteiger partial charge in [0, 0.05) is 32.3 Å². The number of piperidine rings is 1. The van der Waals surface area contributed by atoms with Crippen molar-refractivity contribution in [1.29, 1.82) is 0 Å². The van der Waals surface area contributed by atoms with E-state index in [-0.39, 0.29) is 0 Å². The third-order valence-corrected chi connectivity index (χ3v) is 3.91. The van der Waals surface area contributed by atoms with E-state index in [9.17, 15) is 0 Å². The molecule has 1 rings (SSSR count). The van der Waals surface area contributed by atoms with Crippen molar-refractivity contribution in [2.75, 3.05) is 33.9 Å². The molecule has 3 nitrogen and oxygen atoms in total. The molecule has 1 aliphatic rings. The van der Waals surface area contributed by atoms with Crippen LogP contribution in [0.25, 0.3) is 0 Å². The fourth-order valence-electron chi connectivity index (χ4n) is 2.94. The molecule has 4 unspecified atom stereocenters. The van der Waals surface area contributed by atoms with Gasteiger partial charge in [-0.05, 0) is 32.2 Å². The van der Waals surface area contributed by atoms with Crippen LogP contribution in [0.5, 0.6) is 0 Å². The van der Waals surface area contributed by atoms with E-state index in [0.29, 0.717) is 12.1 Å². The molecule has 0 aromatic rings. The van der Waals surface area contributed by atoms with Crippen molar-refractivity contribution in [3.8, 4) is 0 Å². The number of ether oxygens (including phenoxy) is 1. The molecule has 0 radical (unpaired) electrons. The fourth-order valence-corrected chi connectivity index (χ4v) is 2.94. The first-order valence-corrected chi connectivity index (χ1v) is 6.49. The molecule has 0 aromatic heterocycles. The monoisotopic (exact) mass is 228 g/mol. The summed E-state index contributed by atoms with van der Waals surface area (Å²) >= 11 is 0. The Bertz CT molecular complexity index is 192. The largest absolute Gasteiger partial charge is 0.383 e. The summed E-state index contributed by atoms with van der Waals surface area (Å²) in [4.78, 5) is 2.62. The summed E-state index contributed by atoms with van der Waals surface area (Å²) in [7, 11) is 3.81. The molecule has 0 aliphatic carbocycles. The van der Waals surface area contributed by atoms with Crippen molar-refractivity contribution in [3.05, 3.63) is 0 Å². The lowest BCUT2D eigenvalue weighted by Crippen LogP contribution is -2.55. The Labute approximate surface area is 101 Å². The predicted octanol–water partition coefficient (Wildman–Crippen LogP) is 1.59. The van der Waals surface area contributed by atoms with Crippen molar-refractivity contribution in [1.82, 2.24) is 10.2 Å². The summed E-state index contributed by atoms with van der Waals surface area (Å²) < 4.78 is 5.35. The Hall–Kier alpha value is -0.120. The quantitative estimate of drug-likeness (QED) is 0.773. The maximum Gasteiger partial charge on any atom is 0.0630 e. The molecule has 1 heterocycles. The van der Waals surface area contributed by atoms with Crippen molar-refractivity contribution >= 4 is 0 Å². The third kappa shape index (κ3) is 3.44. The molecule has 1 N–H and O–H groups in total. The van der Waals surface area contributed by atoms with Crippen LogP contribution in [0.2, 0.25) is 0 Å². The smallest absolute Gasteiger partial charge is 0.0630 e. The summed E-state index contributed by atoms with van der Waals surface area (Å²) in [6.07, 6.45) is 1.36. The SMILES string of the molecule is CNCC(COC)N1CC(C)CC(C)C1C. The van der Waals surface area contributed by atoms with Gasteiger partial charge in [0.25, 0.3) is 0 Å². The minimum atomic E-state index is 0.509. The molecule has 0 saturated carbocycles. The lowest BCUT2D eigenvalue weighted by atomic mass is 9.85. The van der Waals surface area contributed by atoms with Gasteiger partial charge in [-0.2, -0.15) is 0 Å². The van der Waals surface area contributed by atoms with Crippen LogP contribution in [0.1, 0.15) is 27.2 Å². The van der Waals surface area contributed by atoms with Gasteiger partial charge in [0.05, 0.1) is 6.61 Å². The Kier molecular flexibility index (Phi) is 5.73. The highest BCUT2D eigenvalue weighted by atomic mass is 16.5. The van der Waals surface area contributed by atoms with E-state index in [1.54, 1.807) is 7.11 Å². The van der Waals surface area contributed by atoms with Gasteiger partial charge in [-0.25, -0.2) is 0 Å². The second-order valence-corrected chi connectivity index (χ2v) is 5.42. The molecule has 1 fully saturated rings. The molecule has 16 heavy (non-hydrogen) atoms. The third-order valence-electron chi connectivity index (χ3n) is 3.91. The van der Waals surface area contributed by atoms with E-state index >= 15 is 0 Å². The molecule has 3 heteroatoms. The van der Waals surface area contributed by atoms with E-state index in [1.807, 2.05) is 7.05 Å². The lowest BCUT2D eigenvalue weighted by molar-refractivity contribution is 0.00732. The van der Waals surface area contributed by atoms with Gasteiger partial charge in [0.1, 0.15) is 0 Å². The van der Waals surface area contributed by atoms with Gasteiger partial charge in [-0.15, -0.1) is 0 Å². The molecule has 0 bridgehead atoms. The van der Waals surface area contributed by atoms with Crippen LogP contribution in [0, 0.1) is 11.8 Å². The highest BCUT2D eigenvalue weighted by Gasteiger charge is 2.32. The molecule has 1 aliphatic heterocycles. The van der Waals surface area contributed by atoms with Crippen molar-refractivity contribution in [3.63, 3.8) is 0 Å². The number of rotatable bonds is 5. The zero-order chi connectivity index (χ0) is 12.1. The first-order chi connectivity index (χ1) is 7.60.